The van der Waals surface area contributed by atoms with E-state index in [9.17, 15) is 14.4 Å². The molecule has 26 heavy (non-hydrogen) atoms. The van der Waals surface area contributed by atoms with Gasteiger partial charge in [-0.3, -0.25) is 14.5 Å². The molecule has 2 aromatic rings. The molecule has 1 aliphatic rings. The zero-order valence-electron chi connectivity index (χ0n) is 13.8. The molecule has 0 saturated carbocycles. The fraction of sp³-hybridized carbons (Fsp3) is 0.105. The first kappa shape index (κ1) is 17.8. The number of ether oxygens (including phenoxy) is 1. The minimum Gasteiger partial charge on any atom is -0.497 e. The summed E-state index contributed by atoms with van der Waals surface area (Å²) in [4.78, 5) is 37.2. The van der Waals surface area contributed by atoms with Gasteiger partial charge in [0.15, 0.2) is 0 Å². The van der Waals surface area contributed by atoms with E-state index in [0.29, 0.717) is 16.2 Å². The highest BCUT2D eigenvalue weighted by molar-refractivity contribution is 8.18. The smallest absolute Gasteiger partial charge is 0.335 e. The van der Waals surface area contributed by atoms with Gasteiger partial charge in [-0.15, -0.1) is 0 Å². The maximum Gasteiger partial charge on any atom is 0.335 e. The Kier molecular flexibility index (Phi) is 5.09. The van der Waals surface area contributed by atoms with Crippen LogP contribution in [-0.4, -0.2) is 34.2 Å². The Hall–Kier alpha value is -3.06. The van der Waals surface area contributed by atoms with Gasteiger partial charge in [0, 0.05) is 0 Å². The van der Waals surface area contributed by atoms with E-state index < -0.39 is 11.9 Å². The highest BCUT2D eigenvalue weighted by atomic mass is 32.2. The third kappa shape index (κ3) is 3.78. The van der Waals surface area contributed by atoms with Crippen LogP contribution < -0.4 is 4.74 Å². The summed E-state index contributed by atoms with van der Waals surface area (Å²) >= 11 is 0.867. The second-order valence-electron chi connectivity index (χ2n) is 5.55. The molecule has 0 aliphatic carbocycles. The van der Waals surface area contributed by atoms with Crippen LogP contribution in [0.2, 0.25) is 0 Å². The number of methoxy groups -OCH3 is 1. The van der Waals surface area contributed by atoms with Crippen LogP contribution in [0.5, 0.6) is 5.75 Å². The van der Waals surface area contributed by atoms with Gasteiger partial charge in [-0.1, -0.05) is 24.3 Å². The van der Waals surface area contributed by atoms with E-state index in [4.69, 9.17) is 9.84 Å². The van der Waals surface area contributed by atoms with Crippen molar-refractivity contribution in [3.8, 4) is 5.75 Å². The number of benzene rings is 2. The molecule has 1 N–H and O–H groups in total. The second-order valence-corrected chi connectivity index (χ2v) is 6.54. The predicted molar refractivity (Wildman–Crippen MR) is 97.9 cm³/mol. The summed E-state index contributed by atoms with van der Waals surface area (Å²) in [6.07, 6.45) is 1.65. The molecule has 1 aliphatic heterocycles. The monoisotopic (exact) mass is 369 g/mol. The molecule has 3 rings (SSSR count). The molecular formula is C19H15NO5S. The van der Waals surface area contributed by atoms with Crippen molar-refractivity contribution < 1.29 is 24.2 Å². The van der Waals surface area contributed by atoms with Crippen LogP contribution in [0.1, 0.15) is 21.5 Å². The number of hydrogen-bond acceptors (Lipinski definition) is 5. The maximum atomic E-state index is 12.5. The van der Waals surface area contributed by atoms with Crippen LogP contribution in [0.25, 0.3) is 6.08 Å². The quantitative estimate of drug-likeness (QED) is 0.810. The summed E-state index contributed by atoms with van der Waals surface area (Å²) in [5.74, 6) is -0.745. The molecule has 1 fully saturated rings. The van der Waals surface area contributed by atoms with E-state index in [2.05, 4.69) is 0 Å². The predicted octanol–water partition coefficient (Wildman–Crippen LogP) is 3.63. The lowest BCUT2D eigenvalue weighted by Gasteiger charge is -2.12. The normalized spacial score (nSPS) is 15.6. The highest BCUT2D eigenvalue weighted by Gasteiger charge is 2.35. The van der Waals surface area contributed by atoms with Crippen LogP contribution in [-0.2, 0) is 11.3 Å². The minimum atomic E-state index is -1.06. The molecule has 7 heteroatoms. The van der Waals surface area contributed by atoms with Gasteiger partial charge in [0.25, 0.3) is 11.1 Å². The van der Waals surface area contributed by atoms with E-state index in [1.807, 2.05) is 0 Å². The highest BCUT2D eigenvalue weighted by Crippen LogP contribution is 2.33. The molecule has 0 aromatic heterocycles. The third-order valence-electron chi connectivity index (χ3n) is 3.80. The van der Waals surface area contributed by atoms with Crippen molar-refractivity contribution in [2.45, 2.75) is 6.54 Å². The molecule has 132 valence electrons. The van der Waals surface area contributed by atoms with Crippen LogP contribution in [0, 0.1) is 0 Å². The molecule has 1 heterocycles. The fourth-order valence-corrected chi connectivity index (χ4v) is 3.31. The number of aromatic carboxylic acids is 1. The third-order valence-corrected chi connectivity index (χ3v) is 4.71. The molecule has 2 amide bonds. The maximum absolute atomic E-state index is 12.5. The Balaban J connectivity index is 1.79. The SMILES string of the molecule is COc1ccc(C=C2SC(=O)N(Cc3cccc(C(=O)O)c3)C2=O)cc1. The van der Waals surface area contributed by atoms with E-state index in [0.717, 1.165) is 22.2 Å². The molecule has 0 radical (unpaired) electrons. The van der Waals surface area contributed by atoms with Gasteiger partial charge < -0.3 is 9.84 Å². The van der Waals surface area contributed by atoms with E-state index >= 15 is 0 Å². The number of nitrogens with zero attached hydrogens (tertiary/aromatic N) is 1. The van der Waals surface area contributed by atoms with Gasteiger partial charge in [-0.2, -0.15) is 0 Å². The first-order valence-corrected chi connectivity index (χ1v) is 8.51. The zero-order chi connectivity index (χ0) is 18.7. The number of rotatable bonds is 5. The largest absolute Gasteiger partial charge is 0.497 e. The average Bonchev–Trinajstić information content (AvgIpc) is 2.90. The lowest BCUT2D eigenvalue weighted by Crippen LogP contribution is -2.27. The lowest BCUT2D eigenvalue weighted by atomic mass is 10.1. The number of hydrogen-bond donors (Lipinski definition) is 1. The van der Waals surface area contributed by atoms with Crippen LogP contribution in [0.15, 0.2) is 53.4 Å². The van der Waals surface area contributed by atoms with Crippen molar-refractivity contribution in [3.05, 3.63) is 70.1 Å². The topological polar surface area (TPSA) is 83.9 Å². The Morgan fingerprint density at radius 3 is 2.58 bits per heavy atom. The van der Waals surface area contributed by atoms with Gasteiger partial charge >= 0.3 is 5.97 Å². The Morgan fingerprint density at radius 2 is 1.92 bits per heavy atom. The standard InChI is InChI=1S/C19H15NO5S/c1-25-15-7-5-12(6-8-15)10-16-17(21)20(19(24)26-16)11-13-3-2-4-14(9-13)18(22)23/h2-10H,11H2,1H3,(H,22,23). The number of carbonyl (C=O) groups excluding carboxylic acids is 2. The molecule has 2 aromatic carbocycles. The van der Waals surface area contributed by atoms with Gasteiger partial charge in [-0.05, 0) is 53.2 Å². The number of carboxylic acid groups (broad SMARTS) is 1. The molecular weight excluding hydrogens is 354 g/mol. The van der Waals surface area contributed by atoms with Crippen LogP contribution in [0.3, 0.4) is 0 Å². The Labute approximate surface area is 154 Å². The van der Waals surface area contributed by atoms with Gasteiger partial charge in [0.2, 0.25) is 0 Å². The summed E-state index contributed by atoms with van der Waals surface area (Å²) < 4.78 is 5.09. The zero-order valence-corrected chi connectivity index (χ0v) is 14.7. The molecule has 1 saturated heterocycles. The van der Waals surface area contributed by atoms with Crippen molar-refractivity contribution >= 4 is 35.0 Å². The number of carboxylic acids is 1. The van der Waals surface area contributed by atoms with Gasteiger partial charge in [-0.25, -0.2) is 4.79 Å². The van der Waals surface area contributed by atoms with Crippen LogP contribution in [0.4, 0.5) is 4.79 Å². The first-order chi connectivity index (χ1) is 12.5. The van der Waals surface area contributed by atoms with Crippen molar-refractivity contribution in [3.63, 3.8) is 0 Å². The van der Waals surface area contributed by atoms with E-state index in [-0.39, 0.29) is 17.3 Å². The molecule has 0 spiro atoms. The number of thioether (sulfide) groups is 1. The Morgan fingerprint density at radius 1 is 1.19 bits per heavy atom. The second kappa shape index (κ2) is 7.45. The summed E-state index contributed by atoms with van der Waals surface area (Å²) in [5, 5.41) is 8.67. The first-order valence-electron chi connectivity index (χ1n) is 7.69. The Bertz CT molecular complexity index is 904. The molecule has 0 atom stereocenters. The van der Waals surface area contributed by atoms with Gasteiger partial charge in [0.1, 0.15) is 5.75 Å². The van der Waals surface area contributed by atoms with Crippen molar-refractivity contribution in [1.82, 2.24) is 4.90 Å². The summed E-state index contributed by atoms with van der Waals surface area (Å²) in [7, 11) is 1.57. The lowest BCUT2D eigenvalue weighted by molar-refractivity contribution is -0.123. The fourth-order valence-electron chi connectivity index (χ4n) is 2.47. The van der Waals surface area contributed by atoms with Crippen LogP contribution >= 0.6 is 11.8 Å². The van der Waals surface area contributed by atoms with E-state index in [1.165, 1.54) is 12.1 Å². The van der Waals surface area contributed by atoms with Crippen molar-refractivity contribution in [2.24, 2.45) is 0 Å². The number of carbonyl (C=O) groups is 3. The van der Waals surface area contributed by atoms with Crippen molar-refractivity contribution in [1.29, 1.82) is 0 Å². The summed E-state index contributed by atoms with van der Waals surface area (Å²) in [5.41, 5.74) is 1.48. The summed E-state index contributed by atoms with van der Waals surface area (Å²) in [6.45, 7) is 0.0335. The van der Waals surface area contributed by atoms with Gasteiger partial charge in [0.05, 0.1) is 24.1 Å². The molecule has 0 bridgehead atoms. The van der Waals surface area contributed by atoms with Crippen molar-refractivity contribution in [2.75, 3.05) is 7.11 Å². The van der Waals surface area contributed by atoms with E-state index in [1.54, 1.807) is 49.6 Å². The summed E-state index contributed by atoms with van der Waals surface area (Å²) in [6, 6.07) is 13.3. The average molecular weight is 369 g/mol. The molecule has 0 unspecified atom stereocenters. The number of amides is 2. The number of imide groups is 1. The minimum absolute atomic E-state index is 0.0335. The molecule has 6 nitrogen and oxygen atoms in total.